The molecule has 0 spiro atoms. The molecule has 2 aromatic carbocycles. The van der Waals surface area contributed by atoms with E-state index in [0.717, 1.165) is 11.8 Å². The van der Waals surface area contributed by atoms with Gasteiger partial charge >= 0.3 is 0 Å². The largest absolute Gasteiger partial charge is 0.477 e. The molecule has 0 bridgehead atoms. The Kier molecular flexibility index (Phi) is 5.44. The molecule has 0 aromatic heterocycles. The molecule has 1 atom stereocenters. The normalized spacial score (nSPS) is 11.9. The Hall–Kier alpha value is -1.52. The molecule has 0 aliphatic carbocycles. The Morgan fingerprint density at radius 2 is 1.80 bits per heavy atom. The number of para-hydroxylation sites is 1. The first-order chi connectivity index (χ1) is 9.72. The topological polar surface area (TPSA) is 26.3 Å². The average Bonchev–Trinajstić information content (AvgIpc) is 2.49. The van der Waals surface area contributed by atoms with Gasteiger partial charge in [0, 0.05) is 5.56 Å². The number of alkyl halides is 2. The van der Waals surface area contributed by atoms with Gasteiger partial charge in [-0.1, -0.05) is 65.8 Å². The number of ether oxygens (including phenoxy) is 1. The zero-order chi connectivity index (χ0) is 14.4. The van der Waals surface area contributed by atoms with Crippen LogP contribution in [0.25, 0.3) is 0 Å². The van der Waals surface area contributed by atoms with Gasteiger partial charge in [0.1, 0.15) is 5.75 Å². The second-order valence-corrected chi connectivity index (χ2v) is 5.17. The van der Waals surface area contributed by atoms with Gasteiger partial charge in [-0.3, -0.25) is 4.79 Å². The molecular formula is C15H12ClFO2S. The Balaban J connectivity index is 2.12. The van der Waals surface area contributed by atoms with Gasteiger partial charge in [-0.05, 0) is 12.1 Å². The standard InChI is InChI=1S/C15H12ClFO2S/c16-10-19-12-8-4-5-9-13(12)20-15(17)14(18)11-6-2-1-3-7-11/h1-9,15H,10H2. The van der Waals surface area contributed by atoms with Crippen molar-refractivity contribution in [2.24, 2.45) is 0 Å². The number of benzene rings is 2. The highest BCUT2D eigenvalue weighted by molar-refractivity contribution is 8.00. The highest BCUT2D eigenvalue weighted by Crippen LogP contribution is 2.34. The van der Waals surface area contributed by atoms with E-state index in [0.29, 0.717) is 16.2 Å². The van der Waals surface area contributed by atoms with E-state index in [1.54, 1.807) is 54.6 Å². The van der Waals surface area contributed by atoms with Gasteiger partial charge in [0.25, 0.3) is 0 Å². The van der Waals surface area contributed by atoms with Crippen LogP contribution in [0, 0.1) is 0 Å². The summed E-state index contributed by atoms with van der Waals surface area (Å²) in [5.41, 5.74) is -1.33. The fourth-order valence-corrected chi connectivity index (χ4v) is 2.61. The van der Waals surface area contributed by atoms with Gasteiger partial charge in [0.2, 0.25) is 11.3 Å². The molecule has 0 aliphatic rings. The van der Waals surface area contributed by atoms with Crippen molar-refractivity contribution in [3.05, 3.63) is 60.2 Å². The van der Waals surface area contributed by atoms with Crippen molar-refractivity contribution in [3.63, 3.8) is 0 Å². The van der Waals surface area contributed by atoms with E-state index in [4.69, 9.17) is 16.3 Å². The number of carbonyl (C=O) groups excluding carboxylic acids is 1. The first-order valence-corrected chi connectivity index (χ1v) is 7.31. The van der Waals surface area contributed by atoms with Crippen molar-refractivity contribution in [1.29, 1.82) is 0 Å². The lowest BCUT2D eigenvalue weighted by Crippen LogP contribution is -2.12. The summed E-state index contributed by atoms with van der Waals surface area (Å²) >= 11 is 6.32. The highest BCUT2D eigenvalue weighted by Gasteiger charge is 2.21. The minimum atomic E-state index is -1.68. The number of halogens is 2. The maximum atomic E-state index is 14.1. The number of ketones is 1. The van der Waals surface area contributed by atoms with Crippen LogP contribution in [0.15, 0.2) is 59.5 Å². The Bertz CT molecular complexity index is 577. The van der Waals surface area contributed by atoms with Crippen LogP contribution in [-0.2, 0) is 0 Å². The number of thioether (sulfide) groups is 1. The summed E-state index contributed by atoms with van der Waals surface area (Å²) in [4.78, 5) is 12.5. The smallest absolute Gasteiger partial charge is 0.213 e. The van der Waals surface area contributed by atoms with Crippen LogP contribution < -0.4 is 4.74 Å². The van der Waals surface area contributed by atoms with Crippen LogP contribution in [0.3, 0.4) is 0 Å². The first-order valence-electron chi connectivity index (χ1n) is 5.90. The molecule has 0 N–H and O–H groups in total. The molecule has 0 fully saturated rings. The number of hydrogen-bond donors (Lipinski definition) is 0. The lowest BCUT2D eigenvalue weighted by Gasteiger charge is -2.11. The van der Waals surface area contributed by atoms with Crippen molar-refractivity contribution in [2.45, 2.75) is 10.4 Å². The van der Waals surface area contributed by atoms with E-state index in [-0.39, 0.29) is 6.07 Å². The predicted molar refractivity (Wildman–Crippen MR) is 79.3 cm³/mol. The zero-order valence-electron chi connectivity index (χ0n) is 10.5. The highest BCUT2D eigenvalue weighted by atomic mass is 35.5. The van der Waals surface area contributed by atoms with Crippen LogP contribution in [0.5, 0.6) is 5.75 Å². The quantitative estimate of drug-likeness (QED) is 0.445. The van der Waals surface area contributed by atoms with E-state index in [1.165, 1.54) is 0 Å². The number of hydrogen-bond acceptors (Lipinski definition) is 3. The lowest BCUT2D eigenvalue weighted by molar-refractivity contribution is 0.0939. The van der Waals surface area contributed by atoms with Crippen molar-refractivity contribution in [3.8, 4) is 5.75 Å². The summed E-state index contributed by atoms with van der Waals surface area (Å²) in [6.07, 6.45) is 0. The SMILES string of the molecule is O=C(c1ccccc1)C(F)Sc1ccccc1OCCl. The third-order valence-corrected chi connectivity index (χ3v) is 3.68. The molecule has 104 valence electrons. The van der Waals surface area contributed by atoms with Crippen molar-refractivity contribution in [1.82, 2.24) is 0 Å². The molecule has 20 heavy (non-hydrogen) atoms. The fourth-order valence-electron chi connectivity index (χ4n) is 1.62. The van der Waals surface area contributed by atoms with Crippen molar-refractivity contribution < 1.29 is 13.9 Å². The minimum absolute atomic E-state index is 0.0266. The molecule has 5 heteroatoms. The Labute approximate surface area is 125 Å². The van der Waals surface area contributed by atoms with E-state index in [9.17, 15) is 9.18 Å². The Morgan fingerprint density at radius 3 is 2.50 bits per heavy atom. The maximum Gasteiger partial charge on any atom is 0.213 e. The third kappa shape index (κ3) is 3.74. The third-order valence-electron chi connectivity index (χ3n) is 2.55. The molecule has 0 aliphatic heterocycles. The van der Waals surface area contributed by atoms with Gasteiger partial charge in [0.05, 0.1) is 4.90 Å². The number of rotatable bonds is 6. The van der Waals surface area contributed by atoms with Gasteiger partial charge < -0.3 is 4.74 Å². The summed E-state index contributed by atoms with van der Waals surface area (Å²) in [7, 11) is 0. The molecule has 0 heterocycles. The summed E-state index contributed by atoms with van der Waals surface area (Å²) in [5.74, 6) is -0.0905. The fraction of sp³-hybridized carbons (Fsp3) is 0.133. The van der Waals surface area contributed by atoms with E-state index in [1.807, 2.05) is 0 Å². The van der Waals surface area contributed by atoms with E-state index in [2.05, 4.69) is 0 Å². The first kappa shape index (κ1) is 14.9. The summed E-state index contributed by atoms with van der Waals surface area (Å²) in [5, 5.41) is 0. The van der Waals surface area contributed by atoms with Crippen LogP contribution >= 0.6 is 23.4 Å². The van der Waals surface area contributed by atoms with Crippen LogP contribution in [0.2, 0.25) is 0 Å². The maximum absolute atomic E-state index is 14.1. The monoisotopic (exact) mass is 310 g/mol. The second-order valence-electron chi connectivity index (χ2n) is 3.86. The van der Waals surface area contributed by atoms with Gasteiger partial charge in [-0.25, -0.2) is 4.39 Å². The van der Waals surface area contributed by atoms with Gasteiger partial charge in [-0.15, -0.1) is 0 Å². The zero-order valence-corrected chi connectivity index (χ0v) is 12.0. The van der Waals surface area contributed by atoms with Gasteiger partial charge in [-0.2, -0.15) is 0 Å². The van der Waals surface area contributed by atoms with Crippen LogP contribution in [0.1, 0.15) is 10.4 Å². The van der Waals surface area contributed by atoms with E-state index >= 15 is 0 Å². The molecule has 0 saturated heterocycles. The summed E-state index contributed by atoms with van der Waals surface area (Å²) in [6, 6.07) is 15.2. The molecule has 0 saturated carbocycles. The molecule has 0 radical (unpaired) electrons. The number of carbonyl (C=O) groups is 1. The lowest BCUT2D eigenvalue weighted by atomic mass is 10.1. The van der Waals surface area contributed by atoms with Crippen molar-refractivity contribution in [2.75, 3.05) is 6.07 Å². The molecule has 1 unspecified atom stereocenters. The van der Waals surface area contributed by atoms with E-state index < -0.39 is 11.3 Å². The minimum Gasteiger partial charge on any atom is -0.477 e. The summed E-state index contributed by atoms with van der Waals surface area (Å²) in [6.45, 7) is 0. The molecule has 2 nitrogen and oxygen atoms in total. The second kappa shape index (κ2) is 7.31. The van der Waals surface area contributed by atoms with Gasteiger partial charge in [0.15, 0.2) is 6.07 Å². The molecular weight excluding hydrogens is 299 g/mol. The van der Waals surface area contributed by atoms with Crippen molar-refractivity contribution >= 4 is 29.1 Å². The molecule has 0 amide bonds. The summed E-state index contributed by atoms with van der Waals surface area (Å²) < 4.78 is 19.3. The molecule has 2 rings (SSSR count). The van der Waals surface area contributed by atoms with Crippen LogP contribution in [-0.4, -0.2) is 17.4 Å². The predicted octanol–water partition coefficient (Wildman–Crippen LogP) is 4.53. The molecule has 2 aromatic rings. The number of Topliss-reactive ketones (excluding diaryl/α,β-unsaturated/α-hetero) is 1. The Morgan fingerprint density at radius 1 is 1.15 bits per heavy atom. The average molecular weight is 311 g/mol. The van der Waals surface area contributed by atoms with Crippen LogP contribution in [0.4, 0.5) is 4.39 Å².